The van der Waals surface area contributed by atoms with Crippen LogP contribution < -0.4 is 11.1 Å². The predicted octanol–water partition coefficient (Wildman–Crippen LogP) is 1.12. The number of primary amides is 1. The van der Waals surface area contributed by atoms with Gasteiger partial charge in [-0.25, -0.2) is 0 Å². The first-order chi connectivity index (χ1) is 9.51. The Bertz CT molecular complexity index is 299. The summed E-state index contributed by atoms with van der Waals surface area (Å²) >= 11 is 0. The maximum absolute atomic E-state index is 11.6. The minimum absolute atomic E-state index is 0.251. The van der Waals surface area contributed by atoms with E-state index in [1.54, 1.807) is 0 Å². The maximum atomic E-state index is 11.6. The van der Waals surface area contributed by atoms with Crippen LogP contribution in [0.3, 0.4) is 0 Å². The van der Waals surface area contributed by atoms with Gasteiger partial charge >= 0.3 is 0 Å². The highest BCUT2D eigenvalue weighted by atomic mass is 16.5. The molecule has 2 atom stereocenters. The van der Waals surface area contributed by atoms with Gasteiger partial charge in [0.05, 0.1) is 18.2 Å². The molecular weight excluding hydrogens is 254 g/mol. The van der Waals surface area contributed by atoms with E-state index in [1.165, 1.54) is 0 Å². The van der Waals surface area contributed by atoms with Crippen LogP contribution in [0.15, 0.2) is 0 Å². The van der Waals surface area contributed by atoms with Crippen molar-refractivity contribution in [2.45, 2.75) is 58.1 Å². The lowest BCUT2D eigenvalue weighted by atomic mass is 9.94. The van der Waals surface area contributed by atoms with Crippen molar-refractivity contribution in [2.75, 3.05) is 32.8 Å². The first-order valence-electron chi connectivity index (χ1n) is 7.90. The highest BCUT2D eigenvalue weighted by Gasteiger charge is 2.30. The van der Waals surface area contributed by atoms with Gasteiger partial charge in [0.15, 0.2) is 0 Å². The van der Waals surface area contributed by atoms with Crippen molar-refractivity contribution in [3.63, 3.8) is 0 Å². The molecule has 3 N–H and O–H groups in total. The van der Waals surface area contributed by atoms with Crippen molar-refractivity contribution in [1.29, 1.82) is 0 Å². The number of ether oxygens (including phenoxy) is 1. The number of carbonyl (C=O) groups is 1. The molecular formula is C15H31N3O2. The Labute approximate surface area is 123 Å². The van der Waals surface area contributed by atoms with Crippen LogP contribution in [0.5, 0.6) is 0 Å². The van der Waals surface area contributed by atoms with Crippen LogP contribution in [0, 0.1) is 0 Å². The predicted molar refractivity (Wildman–Crippen MR) is 81.6 cm³/mol. The highest BCUT2D eigenvalue weighted by molar-refractivity contribution is 5.84. The average molecular weight is 285 g/mol. The lowest BCUT2D eigenvalue weighted by Gasteiger charge is -2.33. The van der Waals surface area contributed by atoms with E-state index in [0.29, 0.717) is 6.10 Å². The molecule has 0 aromatic carbocycles. The number of nitrogens with two attached hydrogens (primary N) is 1. The quantitative estimate of drug-likeness (QED) is 0.666. The standard InChI is InChI=1S/C15H31N3O2/c1-4-8-17-15(3,14(16)19)7-6-9-18-10-11-20-13(5-2)12-18/h13,17H,4-12H2,1-3H3,(H2,16,19). The van der Waals surface area contributed by atoms with Crippen LogP contribution in [0.2, 0.25) is 0 Å². The molecule has 20 heavy (non-hydrogen) atoms. The number of amides is 1. The topological polar surface area (TPSA) is 67.6 Å². The van der Waals surface area contributed by atoms with E-state index >= 15 is 0 Å². The summed E-state index contributed by atoms with van der Waals surface area (Å²) in [6.07, 6.45) is 4.20. The zero-order chi connectivity index (χ0) is 15.0. The second-order valence-corrected chi connectivity index (χ2v) is 5.93. The average Bonchev–Trinajstić information content (AvgIpc) is 2.45. The second kappa shape index (κ2) is 8.60. The van der Waals surface area contributed by atoms with Gasteiger partial charge in [-0.3, -0.25) is 9.69 Å². The van der Waals surface area contributed by atoms with E-state index in [9.17, 15) is 4.79 Å². The summed E-state index contributed by atoms with van der Waals surface area (Å²) in [5.41, 5.74) is 4.96. The van der Waals surface area contributed by atoms with Crippen molar-refractivity contribution < 1.29 is 9.53 Å². The normalized spacial score (nSPS) is 23.4. The number of carbonyl (C=O) groups excluding carboxylic acids is 1. The molecule has 0 aromatic heterocycles. The zero-order valence-corrected chi connectivity index (χ0v) is 13.3. The Morgan fingerprint density at radius 3 is 2.85 bits per heavy atom. The number of hydrogen-bond donors (Lipinski definition) is 2. The van der Waals surface area contributed by atoms with Crippen LogP contribution >= 0.6 is 0 Å². The summed E-state index contributed by atoms with van der Waals surface area (Å²) in [5.74, 6) is -0.251. The van der Waals surface area contributed by atoms with Gasteiger partial charge in [0.25, 0.3) is 0 Å². The Hall–Kier alpha value is -0.650. The fourth-order valence-corrected chi connectivity index (χ4v) is 2.59. The highest BCUT2D eigenvalue weighted by Crippen LogP contribution is 2.14. The molecule has 0 aromatic rings. The molecule has 5 nitrogen and oxygen atoms in total. The SMILES string of the molecule is CCCNC(C)(CCCN1CCOC(CC)C1)C(N)=O. The molecule has 0 radical (unpaired) electrons. The third-order valence-electron chi connectivity index (χ3n) is 4.14. The number of nitrogens with zero attached hydrogens (tertiary/aromatic N) is 1. The minimum atomic E-state index is -0.577. The van der Waals surface area contributed by atoms with Gasteiger partial charge in [0.1, 0.15) is 0 Å². The molecule has 1 heterocycles. The maximum Gasteiger partial charge on any atom is 0.237 e. The molecule has 1 aliphatic rings. The van der Waals surface area contributed by atoms with Gasteiger partial charge in [-0.1, -0.05) is 13.8 Å². The van der Waals surface area contributed by atoms with Crippen molar-refractivity contribution in [1.82, 2.24) is 10.2 Å². The molecule has 0 spiro atoms. The lowest BCUT2D eigenvalue weighted by Crippen LogP contribution is -2.53. The fourth-order valence-electron chi connectivity index (χ4n) is 2.59. The number of nitrogens with one attached hydrogen (secondary N) is 1. The molecule has 118 valence electrons. The number of hydrogen-bond acceptors (Lipinski definition) is 4. The van der Waals surface area contributed by atoms with E-state index in [0.717, 1.165) is 58.5 Å². The Morgan fingerprint density at radius 1 is 1.50 bits per heavy atom. The van der Waals surface area contributed by atoms with Crippen molar-refractivity contribution in [3.8, 4) is 0 Å². The van der Waals surface area contributed by atoms with E-state index in [2.05, 4.69) is 24.1 Å². The molecule has 1 amide bonds. The van der Waals surface area contributed by atoms with Crippen molar-refractivity contribution in [3.05, 3.63) is 0 Å². The molecule has 1 saturated heterocycles. The molecule has 0 bridgehead atoms. The van der Waals surface area contributed by atoms with E-state index in [-0.39, 0.29) is 5.91 Å². The van der Waals surface area contributed by atoms with Gasteiger partial charge in [-0.2, -0.15) is 0 Å². The van der Waals surface area contributed by atoms with Gasteiger partial charge in [-0.05, 0) is 45.7 Å². The lowest BCUT2D eigenvalue weighted by molar-refractivity contribution is -0.124. The number of rotatable bonds is 9. The summed E-state index contributed by atoms with van der Waals surface area (Å²) in [5, 5.41) is 3.29. The molecule has 5 heteroatoms. The van der Waals surface area contributed by atoms with Crippen LogP contribution in [-0.2, 0) is 9.53 Å². The summed E-state index contributed by atoms with van der Waals surface area (Å²) in [6.45, 7) is 10.8. The molecule has 0 saturated carbocycles. The molecule has 1 rings (SSSR count). The Balaban J connectivity index is 2.34. The number of morpholine rings is 1. The summed E-state index contributed by atoms with van der Waals surface area (Å²) in [4.78, 5) is 14.1. The zero-order valence-electron chi connectivity index (χ0n) is 13.3. The second-order valence-electron chi connectivity index (χ2n) is 5.93. The van der Waals surface area contributed by atoms with Gasteiger partial charge in [0.2, 0.25) is 5.91 Å². The van der Waals surface area contributed by atoms with Crippen LogP contribution in [0.1, 0.15) is 46.5 Å². The fraction of sp³-hybridized carbons (Fsp3) is 0.933. The molecule has 1 fully saturated rings. The van der Waals surface area contributed by atoms with Gasteiger partial charge < -0.3 is 15.8 Å². The minimum Gasteiger partial charge on any atom is -0.376 e. The summed E-state index contributed by atoms with van der Waals surface area (Å²) < 4.78 is 5.67. The monoisotopic (exact) mass is 285 g/mol. The van der Waals surface area contributed by atoms with E-state index in [4.69, 9.17) is 10.5 Å². The van der Waals surface area contributed by atoms with Crippen LogP contribution in [-0.4, -0.2) is 55.2 Å². The van der Waals surface area contributed by atoms with E-state index < -0.39 is 5.54 Å². The Morgan fingerprint density at radius 2 is 2.25 bits per heavy atom. The third-order valence-corrected chi connectivity index (χ3v) is 4.14. The van der Waals surface area contributed by atoms with Gasteiger partial charge in [-0.15, -0.1) is 0 Å². The Kier molecular flexibility index (Phi) is 7.48. The van der Waals surface area contributed by atoms with E-state index in [1.807, 2.05) is 6.92 Å². The summed E-state index contributed by atoms with van der Waals surface area (Å²) in [6, 6.07) is 0. The first kappa shape index (κ1) is 17.4. The smallest absolute Gasteiger partial charge is 0.237 e. The molecule has 2 unspecified atom stereocenters. The molecule has 0 aliphatic carbocycles. The van der Waals surface area contributed by atoms with Crippen LogP contribution in [0.4, 0.5) is 0 Å². The first-order valence-corrected chi connectivity index (χ1v) is 7.90. The largest absolute Gasteiger partial charge is 0.376 e. The molecule has 1 aliphatic heterocycles. The van der Waals surface area contributed by atoms with Gasteiger partial charge in [0, 0.05) is 13.1 Å². The van der Waals surface area contributed by atoms with Crippen LogP contribution in [0.25, 0.3) is 0 Å². The van der Waals surface area contributed by atoms with Crippen molar-refractivity contribution in [2.24, 2.45) is 5.73 Å². The summed E-state index contributed by atoms with van der Waals surface area (Å²) in [7, 11) is 0. The third kappa shape index (κ3) is 5.38. The van der Waals surface area contributed by atoms with Crippen molar-refractivity contribution >= 4 is 5.91 Å².